The molecule has 0 unspecified atom stereocenters. The number of carbonyl (C=O) groups excluding carboxylic acids is 1. The molecule has 1 aliphatic heterocycles. The van der Waals surface area contributed by atoms with Crippen LogP contribution in [0.5, 0.6) is 0 Å². The second-order valence-corrected chi connectivity index (χ2v) is 4.29. The van der Waals surface area contributed by atoms with Crippen LogP contribution in [0.3, 0.4) is 0 Å². The maximum atomic E-state index is 11.8. The first-order chi connectivity index (χ1) is 7.65. The van der Waals surface area contributed by atoms with Gasteiger partial charge in [0.15, 0.2) is 0 Å². The standard InChI is InChI=1S/C12H17N3O/c1-9-2-4-11(5-3-9)14-12(16)15-7-6-10(13)8-15/h2-5,10H,6-8,13H2,1H3,(H,14,16)/t10-/m1/s1. The fraction of sp³-hybridized carbons (Fsp3) is 0.417. The average Bonchev–Trinajstić information content (AvgIpc) is 2.68. The normalized spacial score (nSPS) is 19.9. The van der Waals surface area contributed by atoms with E-state index in [0.717, 1.165) is 18.7 Å². The summed E-state index contributed by atoms with van der Waals surface area (Å²) in [6.45, 7) is 3.42. The van der Waals surface area contributed by atoms with Gasteiger partial charge in [0.2, 0.25) is 0 Å². The fourth-order valence-corrected chi connectivity index (χ4v) is 1.81. The van der Waals surface area contributed by atoms with Crippen LogP contribution in [-0.4, -0.2) is 30.1 Å². The lowest BCUT2D eigenvalue weighted by atomic mass is 10.2. The van der Waals surface area contributed by atoms with Crippen LogP contribution >= 0.6 is 0 Å². The molecule has 16 heavy (non-hydrogen) atoms. The van der Waals surface area contributed by atoms with Crippen molar-refractivity contribution in [2.45, 2.75) is 19.4 Å². The van der Waals surface area contributed by atoms with Crippen LogP contribution in [-0.2, 0) is 0 Å². The third-order valence-corrected chi connectivity index (χ3v) is 2.81. The van der Waals surface area contributed by atoms with Gasteiger partial charge < -0.3 is 16.0 Å². The molecule has 4 nitrogen and oxygen atoms in total. The number of hydrogen-bond acceptors (Lipinski definition) is 2. The molecule has 2 amide bonds. The predicted octanol–water partition coefficient (Wildman–Crippen LogP) is 1.56. The van der Waals surface area contributed by atoms with E-state index in [1.165, 1.54) is 5.56 Å². The smallest absolute Gasteiger partial charge is 0.321 e. The minimum absolute atomic E-state index is 0.0585. The van der Waals surface area contributed by atoms with Crippen LogP contribution in [0.25, 0.3) is 0 Å². The third-order valence-electron chi connectivity index (χ3n) is 2.81. The van der Waals surface area contributed by atoms with Crippen LogP contribution in [0.4, 0.5) is 10.5 Å². The first-order valence-electron chi connectivity index (χ1n) is 5.53. The van der Waals surface area contributed by atoms with Gasteiger partial charge in [0.25, 0.3) is 0 Å². The topological polar surface area (TPSA) is 58.4 Å². The van der Waals surface area contributed by atoms with Crippen molar-refractivity contribution in [3.05, 3.63) is 29.8 Å². The highest BCUT2D eigenvalue weighted by Gasteiger charge is 2.23. The second-order valence-electron chi connectivity index (χ2n) is 4.29. The number of amides is 2. The van der Waals surface area contributed by atoms with Crippen LogP contribution < -0.4 is 11.1 Å². The summed E-state index contributed by atoms with van der Waals surface area (Å²) >= 11 is 0. The SMILES string of the molecule is Cc1ccc(NC(=O)N2CC[C@@H](N)C2)cc1. The number of anilines is 1. The molecule has 0 spiro atoms. The number of rotatable bonds is 1. The van der Waals surface area contributed by atoms with E-state index in [0.29, 0.717) is 6.54 Å². The highest BCUT2D eigenvalue weighted by Crippen LogP contribution is 2.12. The van der Waals surface area contributed by atoms with Crippen LogP contribution in [0, 0.1) is 6.92 Å². The van der Waals surface area contributed by atoms with E-state index in [1.54, 1.807) is 4.90 Å². The average molecular weight is 219 g/mol. The van der Waals surface area contributed by atoms with Gasteiger partial charge in [-0.15, -0.1) is 0 Å². The molecule has 2 rings (SSSR count). The molecular weight excluding hydrogens is 202 g/mol. The summed E-state index contributed by atoms with van der Waals surface area (Å²) in [7, 11) is 0. The predicted molar refractivity (Wildman–Crippen MR) is 64.4 cm³/mol. The number of carbonyl (C=O) groups is 1. The quantitative estimate of drug-likeness (QED) is 0.753. The van der Waals surface area contributed by atoms with Crippen molar-refractivity contribution < 1.29 is 4.79 Å². The van der Waals surface area contributed by atoms with Gasteiger partial charge in [0.05, 0.1) is 0 Å². The zero-order valence-corrected chi connectivity index (χ0v) is 9.44. The molecule has 0 saturated carbocycles. The number of urea groups is 1. The Bertz CT molecular complexity index is 374. The van der Waals surface area contributed by atoms with E-state index in [1.807, 2.05) is 31.2 Å². The Kier molecular flexibility index (Phi) is 3.10. The van der Waals surface area contributed by atoms with E-state index in [-0.39, 0.29) is 12.1 Å². The minimum atomic E-state index is -0.0585. The van der Waals surface area contributed by atoms with Gasteiger partial charge in [-0.2, -0.15) is 0 Å². The molecule has 0 radical (unpaired) electrons. The zero-order valence-electron chi connectivity index (χ0n) is 9.44. The van der Waals surface area contributed by atoms with E-state index in [9.17, 15) is 4.79 Å². The van der Waals surface area contributed by atoms with E-state index >= 15 is 0 Å². The fourth-order valence-electron chi connectivity index (χ4n) is 1.81. The Hall–Kier alpha value is -1.55. The number of benzene rings is 1. The van der Waals surface area contributed by atoms with Crippen molar-refractivity contribution in [2.75, 3.05) is 18.4 Å². The molecule has 0 aromatic heterocycles. The molecule has 1 aliphatic rings. The van der Waals surface area contributed by atoms with Gasteiger partial charge in [-0.1, -0.05) is 17.7 Å². The molecule has 1 aromatic carbocycles. The maximum absolute atomic E-state index is 11.8. The highest BCUT2D eigenvalue weighted by molar-refractivity contribution is 5.89. The Morgan fingerprint density at radius 2 is 2.12 bits per heavy atom. The summed E-state index contributed by atoms with van der Waals surface area (Å²) < 4.78 is 0. The number of likely N-dealkylation sites (tertiary alicyclic amines) is 1. The van der Waals surface area contributed by atoms with E-state index < -0.39 is 0 Å². The summed E-state index contributed by atoms with van der Waals surface area (Å²) in [5, 5.41) is 2.86. The Labute approximate surface area is 95.4 Å². The number of nitrogens with zero attached hydrogens (tertiary/aromatic N) is 1. The van der Waals surface area contributed by atoms with Crippen LogP contribution in [0.2, 0.25) is 0 Å². The van der Waals surface area contributed by atoms with Gasteiger partial charge in [-0.3, -0.25) is 0 Å². The molecule has 0 bridgehead atoms. The molecule has 1 saturated heterocycles. The monoisotopic (exact) mass is 219 g/mol. The molecule has 1 aromatic rings. The molecular formula is C12H17N3O. The minimum Gasteiger partial charge on any atom is -0.326 e. The van der Waals surface area contributed by atoms with Crippen molar-refractivity contribution in [3.63, 3.8) is 0 Å². The lowest BCUT2D eigenvalue weighted by Gasteiger charge is -2.16. The molecule has 4 heteroatoms. The molecule has 1 atom stereocenters. The van der Waals surface area contributed by atoms with E-state index in [4.69, 9.17) is 5.73 Å². The van der Waals surface area contributed by atoms with E-state index in [2.05, 4.69) is 5.32 Å². The Morgan fingerprint density at radius 1 is 1.44 bits per heavy atom. The van der Waals surface area contributed by atoms with Gasteiger partial charge in [-0.25, -0.2) is 4.79 Å². The third kappa shape index (κ3) is 2.52. The summed E-state index contributed by atoms with van der Waals surface area (Å²) in [4.78, 5) is 13.6. The van der Waals surface area contributed by atoms with Gasteiger partial charge in [-0.05, 0) is 25.5 Å². The number of nitrogens with one attached hydrogen (secondary N) is 1. The molecule has 1 heterocycles. The van der Waals surface area contributed by atoms with Crippen molar-refractivity contribution in [1.29, 1.82) is 0 Å². The number of hydrogen-bond donors (Lipinski definition) is 2. The van der Waals surface area contributed by atoms with Crippen molar-refractivity contribution in [1.82, 2.24) is 4.90 Å². The van der Waals surface area contributed by atoms with Gasteiger partial charge >= 0.3 is 6.03 Å². The summed E-state index contributed by atoms with van der Waals surface area (Å²) in [6, 6.07) is 7.84. The first-order valence-corrected chi connectivity index (χ1v) is 5.53. The summed E-state index contributed by atoms with van der Waals surface area (Å²) in [5.74, 6) is 0. The summed E-state index contributed by atoms with van der Waals surface area (Å²) in [5.41, 5.74) is 7.77. The zero-order chi connectivity index (χ0) is 11.5. The van der Waals surface area contributed by atoms with Crippen LogP contribution in [0.1, 0.15) is 12.0 Å². The Balaban J connectivity index is 1.94. The lowest BCUT2D eigenvalue weighted by Crippen LogP contribution is -2.35. The van der Waals surface area contributed by atoms with Gasteiger partial charge in [0.1, 0.15) is 0 Å². The van der Waals surface area contributed by atoms with Gasteiger partial charge in [0, 0.05) is 24.8 Å². The first kappa shape index (κ1) is 11.0. The van der Waals surface area contributed by atoms with Crippen LogP contribution in [0.15, 0.2) is 24.3 Å². The Morgan fingerprint density at radius 3 is 2.69 bits per heavy atom. The number of nitrogens with two attached hydrogens (primary N) is 1. The number of aryl methyl sites for hydroxylation is 1. The van der Waals surface area contributed by atoms with Crippen molar-refractivity contribution >= 4 is 11.7 Å². The molecule has 86 valence electrons. The molecule has 1 fully saturated rings. The van der Waals surface area contributed by atoms with Crippen molar-refractivity contribution in [2.24, 2.45) is 5.73 Å². The maximum Gasteiger partial charge on any atom is 0.321 e. The van der Waals surface area contributed by atoms with Crippen molar-refractivity contribution in [3.8, 4) is 0 Å². The highest BCUT2D eigenvalue weighted by atomic mass is 16.2. The second kappa shape index (κ2) is 4.53. The largest absolute Gasteiger partial charge is 0.326 e. The summed E-state index contributed by atoms with van der Waals surface area (Å²) in [6.07, 6.45) is 0.890. The lowest BCUT2D eigenvalue weighted by molar-refractivity contribution is 0.222. The molecule has 0 aliphatic carbocycles. The molecule has 3 N–H and O–H groups in total.